The highest BCUT2D eigenvalue weighted by molar-refractivity contribution is 7.09. The summed E-state index contributed by atoms with van der Waals surface area (Å²) in [5.41, 5.74) is -0.0115. The van der Waals surface area contributed by atoms with Crippen LogP contribution in [0, 0.1) is 0 Å². The highest BCUT2D eigenvalue weighted by Gasteiger charge is 2.36. The number of thiazole rings is 1. The van der Waals surface area contributed by atoms with Crippen LogP contribution in [0.1, 0.15) is 55.7 Å². The molecule has 34 heavy (non-hydrogen) atoms. The zero-order chi connectivity index (χ0) is 24.3. The fourth-order valence-corrected chi connectivity index (χ4v) is 4.97. The smallest absolute Gasteiger partial charge is 0.347 e. The molecule has 0 radical (unpaired) electrons. The summed E-state index contributed by atoms with van der Waals surface area (Å²) >= 11 is 7.24. The van der Waals surface area contributed by atoms with Crippen LogP contribution in [0.15, 0.2) is 53.9 Å². The van der Waals surface area contributed by atoms with Crippen LogP contribution < -0.4 is 5.32 Å². The molecule has 10 heteroatoms. The first-order valence-corrected chi connectivity index (χ1v) is 11.9. The van der Waals surface area contributed by atoms with Gasteiger partial charge in [-0.2, -0.15) is 13.2 Å². The average Bonchev–Trinajstić information content (AvgIpc) is 3.33. The van der Waals surface area contributed by atoms with E-state index in [1.54, 1.807) is 17.5 Å². The van der Waals surface area contributed by atoms with Gasteiger partial charge in [0.25, 0.3) is 11.8 Å². The molecule has 0 aliphatic carbocycles. The van der Waals surface area contributed by atoms with E-state index >= 15 is 0 Å². The Kier molecular flexibility index (Phi) is 7.23. The van der Waals surface area contributed by atoms with Gasteiger partial charge in [0, 0.05) is 36.0 Å². The zero-order valence-electron chi connectivity index (χ0n) is 17.9. The van der Waals surface area contributed by atoms with Gasteiger partial charge in [0.05, 0.1) is 16.1 Å². The number of likely N-dealkylation sites (tertiary alicyclic amines) is 1. The Balaban J connectivity index is 1.34. The first kappa shape index (κ1) is 24.2. The first-order valence-electron chi connectivity index (χ1n) is 10.7. The van der Waals surface area contributed by atoms with Gasteiger partial charge in [0.2, 0.25) is 0 Å². The van der Waals surface area contributed by atoms with Crippen LogP contribution in [-0.2, 0) is 12.7 Å². The number of nitrogens with zero attached hydrogens (tertiary/aromatic N) is 2. The van der Waals surface area contributed by atoms with E-state index in [0.29, 0.717) is 43.2 Å². The second-order valence-corrected chi connectivity index (χ2v) is 9.32. The van der Waals surface area contributed by atoms with E-state index in [1.165, 1.54) is 34.4 Å². The van der Waals surface area contributed by atoms with Crippen molar-refractivity contribution in [1.29, 1.82) is 0 Å². The third kappa shape index (κ3) is 5.59. The minimum absolute atomic E-state index is 0.0460. The summed E-state index contributed by atoms with van der Waals surface area (Å²) in [5.74, 6) is -0.855. The van der Waals surface area contributed by atoms with Crippen LogP contribution in [0.3, 0.4) is 0 Å². The maximum absolute atomic E-state index is 13.3. The topological polar surface area (TPSA) is 62.3 Å². The summed E-state index contributed by atoms with van der Waals surface area (Å²) in [6.07, 6.45) is -3.45. The number of hydrogen-bond acceptors (Lipinski definition) is 4. The van der Waals surface area contributed by atoms with Gasteiger partial charge in [-0.05, 0) is 42.7 Å². The minimum atomic E-state index is -4.59. The van der Waals surface area contributed by atoms with Gasteiger partial charge >= 0.3 is 6.18 Å². The lowest BCUT2D eigenvalue weighted by Gasteiger charge is -2.31. The largest absolute Gasteiger partial charge is 0.417 e. The predicted molar refractivity (Wildman–Crippen MR) is 124 cm³/mol. The monoisotopic (exact) mass is 507 g/mol. The van der Waals surface area contributed by atoms with Crippen LogP contribution >= 0.6 is 22.9 Å². The molecule has 5 nitrogen and oxygen atoms in total. The Hall–Kier alpha value is -2.91. The first-order chi connectivity index (χ1) is 16.2. The number of piperidine rings is 1. The van der Waals surface area contributed by atoms with Crippen LogP contribution in [0.4, 0.5) is 13.2 Å². The number of carbonyl (C=O) groups excluding carboxylic acids is 2. The molecular formula is C24H21ClF3N3O2S. The Morgan fingerprint density at radius 1 is 1.09 bits per heavy atom. The van der Waals surface area contributed by atoms with E-state index in [9.17, 15) is 22.8 Å². The Bertz CT molecular complexity index is 1170. The molecule has 1 N–H and O–H groups in total. The SMILES string of the molecule is O=C(NCc1ccc(Cl)cc1)c1csc(C2CCN(C(=O)c3ccccc3C(F)(F)F)CC2)n1. The third-order valence-corrected chi connectivity index (χ3v) is 6.97. The number of halogens is 4. The standard InChI is InChI=1S/C24H21ClF3N3O2S/c25-17-7-5-15(6-8-17)13-29-21(32)20-14-34-22(30-20)16-9-11-31(12-10-16)23(33)18-3-1-2-4-19(18)24(26,27)28/h1-8,14,16H,9-13H2,(H,29,32). The van der Waals surface area contributed by atoms with Crippen LogP contribution in [-0.4, -0.2) is 34.8 Å². The van der Waals surface area contributed by atoms with Gasteiger partial charge in [0.15, 0.2) is 0 Å². The van der Waals surface area contributed by atoms with Gasteiger partial charge in [-0.3, -0.25) is 9.59 Å². The minimum Gasteiger partial charge on any atom is -0.347 e. The summed E-state index contributed by atoms with van der Waals surface area (Å²) in [5, 5.41) is 5.94. The van der Waals surface area contributed by atoms with Crippen molar-refractivity contribution in [2.45, 2.75) is 31.5 Å². The maximum Gasteiger partial charge on any atom is 0.417 e. The number of rotatable bonds is 5. The second kappa shape index (κ2) is 10.1. The highest BCUT2D eigenvalue weighted by atomic mass is 35.5. The molecule has 0 bridgehead atoms. The summed E-state index contributed by atoms with van der Waals surface area (Å²) in [7, 11) is 0. The molecule has 3 aromatic rings. The van der Waals surface area contributed by atoms with Crippen LogP contribution in [0.2, 0.25) is 5.02 Å². The number of nitrogens with one attached hydrogen (secondary N) is 1. The number of carbonyl (C=O) groups is 2. The van der Waals surface area contributed by atoms with Crippen LogP contribution in [0.25, 0.3) is 0 Å². The van der Waals surface area contributed by atoms with Crippen molar-refractivity contribution in [3.8, 4) is 0 Å². The molecule has 1 aliphatic heterocycles. The molecule has 4 rings (SSSR count). The van der Waals surface area contributed by atoms with E-state index in [0.717, 1.165) is 16.6 Å². The summed E-state index contributed by atoms with van der Waals surface area (Å²) in [4.78, 5) is 31.1. The molecule has 1 saturated heterocycles. The molecule has 178 valence electrons. The predicted octanol–water partition coefficient (Wildman–Crippen LogP) is 5.77. The number of hydrogen-bond donors (Lipinski definition) is 1. The van der Waals surface area contributed by atoms with Gasteiger partial charge in [-0.1, -0.05) is 35.9 Å². The Morgan fingerprint density at radius 3 is 2.44 bits per heavy atom. The second-order valence-electron chi connectivity index (χ2n) is 7.99. The average molecular weight is 508 g/mol. The molecule has 1 fully saturated rings. The highest BCUT2D eigenvalue weighted by Crippen LogP contribution is 2.34. The summed E-state index contributed by atoms with van der Waals surface area (Å²) < 4.78 is 39.8. The van der Waals surface area contributed by atoms with Gasteiger partial charge in [0.1, 0.15) is 5.69 Å². The number of amides is 2. The molecular weight excluding hydrogens is 487 g/mol. The molecule has 0 atom stereocenters. The van der Waals surface area contributed by atoms with Crippen molar-refractivity contribution in [2.75, 3.05) is 13.1 Å². The fourth-order valence-electron chi connectivity index (χ4n) is 3.87. The normalized spacial score (nSPS) is 14.8. The maximum atomic E-state index is 13.3. The van der Waals surface area contributed by atoms with E-state index in [1.807, 2.05) is 12.1 Å². The lowest BCUT2D eigenvalue weighted by Crippen LogP contribution is -2.38. The van der Waals surface area contributed by atoms with E-state index in [4.69, 9.17) is 11.6 Å². The van der Waals surface area contributed by atoms with E-state index in [-0.39, 0.29) is 17.4 Å². The zero-order valence-corrected chi connectivity index (χ0v) is 19.5. The summed E-state index contributed by atoms with van der Waals surface area (Å²) in [6, 6.07) is 12.0. The van der Waals surface area contributed by atoms with Crippen molar-refractivity contribution in [3.63, 3.8) is 0 Å². The van der Waals surface area contributed by atoms with Gasteiger partial charge < -0.3 is 10.2 Å². The molecule has 0 spiro atoms. The van der Waals surface area contributed by atoms with Crippen LogP contribution in [0.5, 0.6) is 0 Å². The molecule has 2 amide bonds. The summed E-state index contributed by atoms with van der Waals surface area (Å²) in [6.45, 7) is 1.00. The Morgan fingerprint density at radius 2 is 1.76 bits per heavy atom. The fraction of sp³-hybridized carbons (Fsp3) is 0.292. The molecule has 1 aliphatic rings. The number of benzene rings is 2. The van der Waals surface area contributed by atoms with Crippen molar-refractivity contribution in [1.82, 2.24) is 15.2 Å². The van der Waals surface area contributed by atoms with E-state index < -0.39 is 17.6 Å². The Labute approximate surface area is 203 Å². The molecule has 2 heterocycles. The van der Waals surface area contributed by atoms with Crippen molar-refractivity contribution < 1.29 is 22.8 Å². The quantitative estimate of drug-likeness (QED) is 0.477. The van der Waals surface area contributed by atoms with Crippen molar-refractivity contribution in [2.24, 2.45) is 0 Å². The van der Waals surface area contributed by atoms with Gasteiger partial charge in [-0.15, -0.1) is 11.3 Å². The molecule has 2 aromatic carbocycles. The number of aromatic nitrogens is 1. The number of alkyl halides is 3. The third-order valence-electron chi connectivity index (χ3n) is 5.72. The van der Waals surface area contributed by atoms with Crippen molar-refractivity contribution >= 4 is 34.8 Å². The lowest BCUT2D eigenvalue weighted by atomic mass is 9.96. The molecule has 0 saturated carbocycles. The van der Waals surface area contributed by atoms with Gasteiger partial charge in [-0.25, -0.2) is 4.98 Å². The molecule has 0 unspecified atom stereocenters. The molecule has 1 aromatic heterocycles. The van der Waals surface area contributed by atoms with Crippen molar-refractivity contribution in [3.05, 3.63) is 86.3 Å². The lowest BCUT2D eigenvalue weighted by molar-refractivity contribution is -0.138. The van der Waals surface area contributed by atoms with E-state index in [2.05, 4.69) is 10.3 Å².